The molecule has 3 heteroatoms. The van der Waals surface area contributed by atoms with E-state index in [0.717, 1.165) is 44.5 Å². The molecule has 6 aromatic carbocycles. The summed E-state index contributed by atoms with van der Waals surface area (Å²) < 4.78 is 6.51. The number of aromatic nitrogens is 1. The molecule has 0 bridgehead atoms. The van der Waals surface area contributed by atoms with Gasteiger partial charge in [0.05, 0.1) is 0 Å². The summed E-state index contributed by atoms with van der Waals surface area (Å²) in [5.41, 5.74) is 8.65. The lowest BCUT2D eigenvalue weighted by Gasteiger charge is -2.31. The molecule has 2 aliphatic carbocycles. The zero-order chi connectivity index (χ0) is 29.0. The summed E-state index contributed by atoms with van der Waals surface area (Å²) in [6.07, 6.45) is 13.5. The average Bonchev–Trinajstić information content (AvgIpc) is 3.56. The molecule has 208 valence electrons. The van der Waals surface area contributed by atoms with E-state index in [1.54, 1.807) is 0 Å². The van der Waals surface area contributed by atoms with E-state index < -0.39 is 0 Å². The molecule has 7 aromatic rings. The average molecular weight is 565 g/mol. The maximum absolute atomic E-state index is 6.51. The van der Waals surface area contributed by atoms with Gasteiger partial charge < -0.3 is 9.32 Å². The van der Waals surface area contributed by atoms with E-state index in [-0.39, 0.29) is 0 Å². The van der Waals surface area contributed by atoms with E-state index >= 15 is 0 Å². The summed E-state index contributed by atoms with van der Waals surface area (Å²) >= 11 is 0. The Morgan fingerprint density at radius 3 is 2.05 bits per heavy atom. The van der Waals surface area contributed by atoms with E-state index in [1.807, 2.05) is 0 Å². The van der Waals surface area contributed by atoms with Crippen LogP contribution in [0.15, 0.2) is 156 Å². The molecule has 2 aliphatic rings. The van der Waals surface area contributed by atoms with Crippen molar-refractivity contribution in [2.24, 2.45) is 5.92 Å². The molecule has 2 atom stereocenters. The van der Waals surface area contributed by atoms with Gasteiger partial charge in [-0.1, -0.05) is 109 Å². The Balaban J connectivity index is 1.15. The topological polar surface area (TPSA) is 29.3 Å². The molecule has 0 aliphatic heterocycles. The lowest BCUT2D eigenvalue weighted by molar-refractivity contribution is 0.623. The predicted molar refractivity (Wildman–Crippen MR) is 183 cm³/mol. The predicted octanol–water partition coefficient (Wildman–Crippen LogP) is 11.1. The second kappa shape index (κ2) is 9.96. The number of allylic oxidation sites excluding steroid dienone is 5. The molecular formula is C41H28N2O. The van der Waals surface area contributed by atoms with Gasteiger partial charge in [-0.05, 0) is 70.4 Å². The van der Waals surface area contributed by atoms with Crippen molar-refractivity contribution in [3.05, 3.63) is 163 Å². The Hall–Kier alpha value is -5.67. The Bertz CT molecular complexity index is 2220. The number of para-hydroxylation sites is 1. The highest BCUT2D eigenvalue weighted by Crippen LogP contribution is 2.43. The summed E-state index contributed by atoms with van der Waals surface area (Å²) in [5.74, 6) is 1.38. The van der Waals surface area contributed by atoms with Crippen LogP contribution in [0.5, 0.6) is 0 Å². The van der Waals surface area contributed by atoms with Crippen molar-refractivity contribution in [2.45, 2.75) is 5.92 Å². The summed E-state index contributed by atoms with van der Waals surface area (Å²) in [4.78, 5) is 7.37. The van der Waals surface area contributed by atoms with Crippen molar-refractivity contribution in [1.29, 1.82) is 0 Å². The highest BCUT2D eigenvalue weighted by atomic mass is 16.3. The molecule has 0 N–H and O–H groups in total. The zero-order valence-electron chi connectivity index (χ0n) is 24.0. The number of oxazole rings is 1. The lowest BCUT2D eigenvalue weighted by Crippen LogP contribution is -2.15. The highest BCUT2D eigenvalue weighted by Gasteiger charge is 2.25. The second-order valence-electron chi connectivity index (χ2n) is 11.6. The van der Waals surface area contributed by atoms with Gasteiger partial charge in [-0.25, -0.2) is 4.98 Å². The molecule has 1 aromatic heterocycles. The van der Waals surface area contributed by atoms with Crippen molar-refractivity contribution in [3.63, 3.8) is 0 Å². The Labute approximate surface area is 255 Å². The summed E-state index contributed by atoms with van der Waals surface area (Å²) in [5, 5.41) is 4.56. The minimum Gasteiger partial charge on any atom is -0.435 e. The molecule has 44 heavy (non-hydrogen) atoms. The molecule has 0 saturated heterocycles. The normalized spacial score (nSPS) is 16.8. The third kappa shape index (κ3) is 3.94. The van der Waals surface area contributed by atoms with Crippen LogP contribution in [0.2, 0.25) is 0 Å². The Kier molecular flexibility index (Phi) is 5.63. The molecule has 0 spiro atoms. The smallest absolute Gasteiger partial charge is 0.227 e. The van der Waals surface area contributed by atoms with E-state index in [4.69, 9.17) is 9.40 Å². The maximum Gasteiger partial charge on any atom is 0.227 e. The molecular weight excluding hydrogens is 536 g/mol. The molecule has 0 fully saturated rings. The minimum atomic E-state index is 0.353. The molecule has 0 saturated carbocycles. The highest BCUT2D eigenvalue weighted by molar-refractivity contribution is 6.22. The summed E-state index contributed by atoms with van der Waals surface area (Å²) in [7, 11) is 0. The largest absolute Gasteiger partial charge is 0.435 e. The maximum atomic E-state index is 6.51. The van der Waals surface area contributed by atoms with Crippen LogP contribution in [0.4, 0.5) is 17.1 Å². The molecule has 0 radical (unpaired) electrons. The van der Waals surface area contributed by atoms with Crippen LogP contribution in [0.25, 0.3) is 50.2 Å². The fourth-order valence-corrected chi connectivity index (χ4v) is 6.90. The third-order valence-corrected chi connectivity index (χ3v) is 9.02. The number of rotatable bonds is 4. The van der Waals surface area contributed by atoms with Crippen LogP contribution < -0.4 is 4.90 Å². The van der Waals surface area contributed by atoms with Gasteiger partial charge in [0.2, 0.25) is 5.89 Å². The van der Waals surface area contributed by atoms with Crippen LogP contribution in [0.3, 0.4) is 0 Å². The van der Waals surface area contributed by atoms with E-state index in [1.165, 1.54) is 21.9 Å². The summed E-state index contributed by atoms with van der Waals surface area (Å²) in [6.45, 7) is 0. The van der Waals surface area contributed by atoms with Gasteiger partial charge in [-0.3, -0.25) is 0 Å². The van der Waals surface area contributed by atoms with Crippen LogP contribution in [-0.2, 0) is 0 Å². The molecule has 0 amide bonds. The first-order valence-corrected chi connectivity index (χ1v) is 15.1. The van der Waals surface area contributed by atoms with Gasteiger partial charge in [0.25, 0.3) is 0 Å². The SMILES string of the molecule is C1=CC2C=Cc3ccc(N(c4ccccc4)c4ccc(-c5nc6c7ccccc7c7ccccc7c6o5)cc4)cc3C2C=C1. The van der Waals surface area contributed by atoms with E-state index in [9.17, 15) is 0 Å². The van der Waals surface area contributed by atoms with Crippen molar-refractivity contribution in [1.82, 2.24) is 4.98 Å². The second-order valence-corrected chi connectivity index (χ2v) is 11.6. The van der Waals surface area contributed by atoms with Gasteiger partial charge in [-0.2, -0.15) is 0 Å². The van der Waals surface area contributed by atoms with Crippen LogP contribution in [0, 0.1) is 5.92 Å². The fraction of sp³-hybridized carbons (Fsp3) is 0.0488. The number of fused-ring (bicyclic) bond motifs is 9. The van der Waals surface area contributed by atoms with Crippen LogP contribution in [-0.4, -0.2) is 4.98 Å². The lowest BCUT2D eigenvalue weighted by atomic mass is 9.77. The number of anilines is 3. The first-order valence-electron chi connectivity index (χ1n) is 15.1. The molecule has 3 nitrogen and oxygen atoms in total. The fourth-order valence-electron chi connectivity index (χ4n) is 6.90. The zero-order valence-corrected chi connectivity index (χ0v) is 24.0. The van der Waals surface area contributed by atoms with Gasteiger partial charge in [0.1, 0.15) is 5.52 Å². The van der Waals surface area contributed by atoms with E-state index in [2.05, 4.69) is 163 Å². The van der Waals surface area contributed by atoms with Crippen molar-refractivity contribution in [2.75, 3.05) is 4.90 Å². The van der Waals surface area contributed by atoms with Crippen molar-refractivity contribution < 1.29 is 4.42 Å². The summed E-state index contributed by atoms with van der Waals surface area (Å²) in [6, 6.07) is 42.8. The monoisotopic (exact) mass is 564 g/mol. The first-order chi connectivity index (χ1) is 21.8. The number of benzene rings is 6. The molecule has 1 heterocycles. The van der Waals surface area contributed by atoms with Crippen LogP contribution >= 0.6 is 0 Å². The van der Waals surface area contributed by atoms with Gasteiger partial charge in [0.15, 0.2) is 5.58 Å². The Morgan fingerprint density at radius 2 is 1.23 bits per heavy atom. The minimum absolute atomic E-state index is 0.353. The number of nitrogens with zero attached hydrogens (tertiary/aromatic N) is 2. The third-order valence-electron chi connectivity index (χ3n) is 9.02. The molecule has 9 rings (SSSR count). The van der Waals surface area contributed by atoms with Gasteiger partial charge >= 0.3 is 0 Å². The first kappa shape index (κ1) is 24.9. The Morgan fingerprint density at radius 1 is 0.568 bits per heavy atom. The standard InChI is InChI=1S/C41H28N2O/c1-2-11-30(12-3-1)43(32-25-20-28-19-18-27-10-4-5-13-33(27)38(28)26-32)31-23-21-29(22-24-31)41-42-39-36-16-8-6-14-34(36)35-15-7-9-17-37(35)40(39)44-41/h1-27,33H. The van der Waals surface area contributed by atoms with Crippen molar-refractivity contribution >= 4 is 55.8 Å². The molecule has 2 unspecified atom stereocenters. The quantitative estimate of drug-likeness (QED) is 0.199. The van der Waals surface area contributed by atoms with Gasteiger partial charge in [-0.15, -0.1) is 0 Å². The van der Waals surface area contributed by atoms with Crippen LogP contribution in [0.1, 0.15) is 17.0 Å². The van der Waals surface area contributed by atoms with Gasteiger partial charge in [0, 0.05) is 45.2 Å². The van der Waals surface area contributed by atoms with E-state index in [0.29, 0.717) is 17.7 Å². The van der Waals surface area contributed by atoms with Crippen molar-refractivity contribution in [3.8, 4) is 11.5 Å². The number of hydrogen-bond acceptors (Lipinski definition) is 3. The number of hydrogen-bond donors (Lipinski definition) is 0.